The summed E-state index contributed by atoms with van der Waals surface area (Å²) >= 11 is 7.39. The van der Waals surface area contributed by atoms with Crippen LogP contribution in [0.4, 0.5) is 4.39 Å². The van der Waals surface area contributed by atoms with Crippen molar-refractivity contribution in [1.82, 2.24) is 24.9 Å². The summed E-state index contributed by atoms with van der Waals surface area (Å²) in [5, 5.41) is 13.6. The van der Waals surface area contributed by atoms with Crippen LogP contribution < -0.4 is 0 Å². The van der Waals surface area contributed by atoms with E-state index in [1.165, 1.54) is 30.0 Å². The van der Waals surface area contributed by atoms with Crippen LogP contribution in [0.15, 0.2) is 58.5 Å². The molecule has 0 spiro atoms. The largest absolute Gasteiger partial charge is 0.356 e. The van der Waals surface area contributed by atoms with Crippen LogP contribution >= 0.6 is 23.4 Å². The molecule has 1 aromatic carbocycles. The van der Waals surface area contributed by atoms with Crippen LogP contribution in [0.5, 0.6) is 0 Å². The Kier molecular flexibility index (Phi) is 4.91. The second-order valence-corrected chi connectivity index (χ2v) is 7.08. The Bertz CT molecular complexity index is 1080. The van der Waals surface area contributed by atoms with Gasteiger partial charge in [0.25, 0.3) is 0 Å². The third-order valence-corrected chi connectivity index (χ3v) is 5.16. The van der Waals surface area contributed by atoms with Gasteiger partial charge in [0.05, 0.1) is 11.3 Å². The molecule has 6 nitrogen and oxygen atoms in total. The van der Waals surface area contributed by atoms with E-state index in [4.69, 9.17) is 16.1 Å². The van der Waals surface area contributed by atoms with Gasteiger partial charge in [-0.15, -0.1) is 10.2 Å². The molecule has 0 atom stereocenters. The van der Waals surface area contributed by atoms with Gasteiger partial charge in [-0.1, -0.05) is 28.5 Å². The highest BCUT2D eigenvalue weighted by molar-refractivity contribution is 7.98. The standard InChI is InChI=1S/C18H13ClFN5OS/c1-25-17(11-4-6-21-7-5-11)22-23-18(25)27-10-13-9-16(26-24-13)14-8-12(19)2-3-15(14)20/h2-9H,10H2,1H3. The number of aromatic nitrogens is 5. The van der Waals surface area contributed by atoms with Crippen molar-refractivity contribution in [3.05, 3.63) is 65.3 Å². The Morgan fingerprint density at radius 2 is 1.96 bits per heavy atom. The molecule has 0 bridgehead atoms. The Balaban J connectivity index is 1.50. The second kappa shape index (κ2) is 7.50. The van der Waals surface area contributed by atoms with Crippen LogP contribution in [-0.2, 0) is 12.8 Å². The maximum atomic E-state index is 14.0. The van der Waals surface area contributed by atoms with E-state index in [0.717, 1.165) is 16.5 Å². The fourth-order valence-electron chi connectivity index (χ4n) is 2.52. The lowest BCUT2D eigenvalue weighted by Gasteiger charge is -2.02. The number of benzene rings is 1. The Morgan fingerprint density at radius 1 is 1.15 bits per heavy atom. The zero-order valence-electron chi connectivity index (χ0n) is 14.1. The number of rotatable bonds is 5. The quantitative estimate of drug-likeness (QED) is 0.454. The number of pyridine rings is 1. The number of nitrogens with zero attached hydrogens (tertiary/aromatic N) is 5. The van der Waals surface area contributed by atoms with Crippen molar-refractivity contribution in [2.45, 2.75) is 10.9 Å². The Hall–Kier alpha value is -2.71. The van der Waals surface area contributed by atoms with E-state index >= 15 is 0 Å². The first-order valence-corrected chi connectivity index (χ1v) is 9.32. The van der Waals surface area contributed by atoms with Gasteiger partial charge in [0, 0.05) is 41.8 Å². The molecule has 27 heavy (non-hydrogen) atoms. The Morgan fingerprint density at radius 3 is 2.78 bits per heavy atom. The van der Waals surface area contributed by atoms with Crippen LogP contribution in [0.25, 0.3) is 22.7 Å². The van der Waals surface area contributed by atoms with Gasteiger partial charge in [-0.05, 0) is 30.3 Å². The molecule has 0 aliphatic rings. The SMILES string of the molecule is Cn1c(SCc2cc(-c3cc(Cl)ccc3F)on2)nnc1-c1ccncc1. The van der Waals surface area contributed by atoms with E-state index in [9.17, 15) is 4.39 Å². The molecule has 0 unspecified atom stereocenters. The molecule has 4 aromatic rings. The van der Waals surface area contributed by atoms with Crippen LogP contribution in [0.3, 0.4) is 0 Å². The Labute approximate surface area is 163 Å². The van der Waals surface area contributed by atoms with Gasteiger partial charge in [0.2, 0.25) is 0 Å². The van der Waals surface area contributed by atoms with Crippen molar-refractivity contribution in [3.8, 4) is 22.7 Å². The van der Waals surface area contributed by atoms with E-state index in [2.05, 4.69) is 20.3 Å². The minimum Gasteiger partial charge on any atom is -0.356 e. The van der Waals surface area contributed by atoms with Crippen molar-refractivity contribution in [2.75, 3.05) is 0 Å². The highest BCUT2D eigenvalue weighted by Crippen LogP contribution is 2.29. The topological polar surface area (TPSA) is 69.6 Å². The van der Waals surface area contributed by atoms with E-state index in [1.807, 2.05) is 23.7 Å². The van der Waals surface area contributed by atoms with Crippen molar-refractivity contribution in [1.29, 1.82) is 0 Å². The number of thioether (sulfide) groups is 1. The van der Waals surface area contributed by atoms with Crippen molar-refractivity contribution in [2.24, 2.45) is 7.05 Å². The number of hydrogen-bond donors (Lipinski definition) is 0. The molecule has 0 amide bonds. The zero-order chi connectivity index (χ0) is 18.8. The van der Waals surface area contributed by atoms with Gasteiger partial charge in [-0.2, -0.15) is 0 Å². The van der Waals surface area contributed by atoms with Gasteiger partial charge in [-0.25, -0.2) is 4.39 Å². The molecule has 136 valence electrons. The summed E-state index contributed by atoms with van der Waals surface area (Å²) in [6, 6.07) is 9.75. The highest BCUT2D eigenvalue weighted by atomic mass is 35.5. The number of halogens is 2. The van der Waals surface area contributed by atoms with Gasteiger partial charge in [0.15, 0.2) is 16.7 Å². The summed E-state index contributed by atoms with van der Waals surface area (Å²) in [6.45, 7) is 0. The minimum atomic E-state index is -0.412. The molecule has 0 saturated heterocycles. The summed E-state index contributed by atoms with van der Waals surface area (Å²) in [5.74, 6) is 1.18. The third-order valence-electron chi connectivity index (χ3n) is 3.88. The third kappa shape index (κ3) is 3.72. The zero-order valence-corrected chi connectivity index (χ0v) is 15.7. The second-order valence-electron chi connectivity index (χ2n) is 5.70. The minimum absolute atomic E-state index is 0.282. The van der Waals surface area contributed by atoms with Crippen molar-refractivity contribution in [3.63, 3.8) is 0 Å². The summed E-state index contributed by atoms with van der Waals surface area (Å²) in [4.78, 5) is 4.01. The lowest BCUT2D eigenvalue weighted by molar-refractivity contribution is 0.424. The first-order chi connectivity index (χ1) is 13.1. The van der Waals surface area contributed by atoms with E-state index in [0.29, 0.717) is 22.2 Å². The van der Waals surface area contributed by atoms with Crippen LogP contribution in [0, 0.1) is 5.82 Å². The molecular weight excluding hydrogens is 389 g/mol. The predicted octanol–water partition coefficient (Wildman–Crippen LogP) is 4.62. The van der Waals surface area contributed by atoms with Crippen molar-refractivity contribution >= 4 is 23.4 Å². The van der Waals surface area contributed by atoms with Crippen LogP contribution in [0.2, 0.25) is 5.02 Å². The summed E-state index contributed by atoms with van der Waals surface area (Å²) in [5.41, 5.74) is 1.89. The fraction of sp³-hybridized carbons (Fsp3) is 0.111. The van der Waals surface area contributed by atoms with Gasteiger partial charge in [0.1, 0.15) is 5.82 Å². The molecule has 0 radical (unpaired) electrons. The average molecular weight is 402 g/mol. The molecule has 4 rings (SSSR count). The lowest BCUT2D eigenvalue weighted by Crippen LogP contribution is -1.95. The smallest absolute Gasteiger partial charge is 0.191 e. The molecule has 0 fully saturated rings. The van der Waals surface area contributed by atoms with Gasteiger partial charge >= 0.3 is 0 Å². The molecule has 3 heterocycles. The van der Waals surface area contributed by atoms with Gasteiger partial charge in [-0.3, -0.25) is 4.98 Å². The monoisotopic (exact) mass is 401 g/mol. The summed E-state index contributed by atoms with van der Waals surface area (Å²) in [7, 11) is 1.90. The maximum Gasteiger partial charge on any atom is 0.191 e. The first-order valence-electron chi connectivity index (χ1n) is 7.95. The summed E-state index contributed by atoms with van der Waals surface area (Å²) < 4.78 is 21.1. The average Bonchev–Trinajstić information content (AvgIpc) is 3.29. The fourth-order valence-corrected chi connectivity index (χ4v) is 3.49. The number of hydrogen-bond acceptors (Lipinski definition) is 6. The molecule has 0 aliphatic heterocycles. The van der Waals surface area contributed by atoms with Gasteiger partial charge < -0.3 is 9.09 Å². The lowest BCUT2D eigenvalue weighted by atomic mass is 10.1. The van der Waals surface area contributed by atoms with Crippen LogP contribution in [0.1, 0.15) is 5.69 Å². The molecule has 3 aromatic heterocycles. The highest BCUT2D eigenvalue weighted by Gasteiger charge is 2.15. The molecule has 9 heteroatoms. The van der Waals surface area contributed by atoms with Crippen molar-refractivity contribution < 1.29 is 8.91 Å². The molecule has 0 saturated carbocycles. The molecular formula is C18H13ClFN5OS. The normalized spacial score (nSPS) is 11.1. The van der Waals surface area contributed by atoms with E-state index in [1.54, 1.807) is 18.5 Å². The first kappa shape index (κ1) is 17.7. The van der Waals surface area contributed by atoms with Crippen LogP contribution in [-0.4, -0.2) is 24.9 Å². The molecule has 0 N–H and O–H groups in total. The van der Waals surface area contributed by atoms with E-state index < -0.39 is 5.82 Å². The molecule has 0 aliphatic carbocycles. The maximum absolute atomic E-state index is 14.0. The predicted molar refractivity (Wildman–Crippen MR) is 101 cm³/mol. The summed E-state index contributed by atoms with van der Waals surface area (Å²) in [6.07, 6.45) is 3.42. The van der Waals surface area contributed by atoms with E-state index in [-0.39, 0.29) is 5.56 Å².